The molecule has 1 aliphatic heterocycles. The van der Waals surface area contributed by atoms with Crippen LogP contribution in [-0.2, 0) is 14.4 Å². The van der Waals surface area contributed by atoms with Crippen molar-refractivity contribution in [3.8, 4) is 0 Å². The van der Waals surface area contributed by atoms with Gasteiger partial charge in [0.15, 0.2) is 0 Å². The van der Waals surface area contributed by atoms with Crippen LogP contribution in [-0.4, -0.2) is 41.8 Å². The van der Waals surface area contributed by atoms with E-state index in [1.807, 2.05) is 56.3 Å². The lowest BCUT2D eigenvalue weighted by Gasteiger charge is -2.28. The summed E-state index contributed by atoms with van der Waals surface area (Å²) in [5.41, 5.74) is 6.08. The fourth-order valence-corrected chi connectivity index (χ4v) is 3.47. The summed E-state index contributed by atoms with van der Waals surface area (Å²) < 4.78 is 0. The third kappa shape index (κ3) is 3.40. The van der Waals surface area contributed by atoms with E-state index < -0.39 is 11.8 Å². The number of carbonyl (C=O) groups is 3. The molecular weight excluding hydrogens is 330 g/mol. The molecule has 1 fully saturated rings. The Labute approximate surface area is 152 Å². The van der Waals surface area contributed by atoms with Crippen LogP contribution in [0.25, 0.3) is 10.8 Å². The first-order valence-electron chi connectivity index (χ1n) is 8.75. The zero-order valence-electron chi connectivity index (χ0n) is 15.0. The van der Waals surface area contributed by atoms with Crippen molar-refractivity contribution in [3.05, 3.63) is 42.5 Å². The van der Waals surface area contributed by atoms with Crippen LogP contribution in [0, 0.1) is 5.92 Å². The van der Waals surface area contributed by atoms with Crippen LogP contribution in [0.1, 0.15) is 20.3 Å². The summed E-state index contributed by atoms with van der Waals surface area (Å²) in [6.07, 6.45) is 0.143. The normalized spacial score (nSPS) is 17.1. The first kappa shape index (κ1) is 17.9. The fourth-order valence-electron chi connectivity index (χ4n) is 3.47. The second-order valence-electron chi connectivity index (χ2n) is 6.93. The summed E-state index contributed by atoms with van der Waals surface area (Å²) in [7, 11) is 0. The summed E-state index contributed by atoms with van der Waals surface area (Å²) in [4.78, 5) is 39.9. The number of anilines is 1. The van der Waals surface area contributed by atoms with Crippen molar-refractivity contribution in [2.75, 3.05) is 18.0 Å². The maximum atomic E-state index is 12.8. The van der Waals surface area contributed by atoms with Gasteiger partial charge < -0.3 is 15.5 Å². The second-order valence-corrected chi connectivity index (χ2v) is 6.93. The van der Waals surface area contributed by atoms with Gasteiger partial charge in [-0.25, -0.2) is 0 Å². The standard InChI is InChI=1S/C20H23N3O3/c1-13(2)22(12-18(21)24)20(26)15-10-19(25)23(11-15)17-9-5-7-14-6-3-4-8-16(14)17/h3-9,13,15H,10-12H2,1-2H3,(H2,21,24). The van der Waals surface area contributed by atoms with Gasteiger partial charge in [0.2, 0.25) is 17.7 Å². The Balaban J connectivity index is 1.86. The predicted molar refractivity (Wildman–Crippen MR) is 100 cm³/mol. The number of hydrogen-bond acceptors (Lipinski definition) is 3. The summed E-state index contributed by atoms with van der Waals surface area (Å²) in [6.45, 7) is 3.85. The summed E-state index contributed by atoms with van der Waals surface area (Å²) in [5.74, 6) is -1.30. The maximum Gasteiger partial charge on any atom is 0.237 e. The lowest BCUT2D eigenvalue weighted by molar-refractivity contribution is -0.140. The van der Waals surface area contributed by atoms with Gasteiger partial charge in [-0.05, 0) is 25.3 Å². The number of nitrogens with zero attached hydrogens (tertiary/aromatic N) is 2. The Kier molecular flexibility index (Phi) is 4.93. The van der Waals surface area contributed by atoms with E-state index in [1.54, 1.807) is 4.90 Å². The molecule has 2 aromatic rings. The average molecular weight is 353 g/mol. The fraction of sp³-hybridized carbons (Fsp3) is 0.350. The molecule has 1 aliphatic rings. The van der Waals surface area contributed by atoms with E-state index in [-0.39, 0.29) is 30.8 Å². The Morgan fingerprint density at radius 3 is 2.58 bits per heavy atom. The number of primary amides is 1. The number of nitrogens with two attached hydrogens (primary N) is 1. The summed E-state index contributed by atoms with van der Waals surface area (Å²) >= 11 is 0. The lowest BCUT2D eigenvalue weighted by Crippen LogP contribution is -2.46. The van der Waals surface area contributed by atoms with Gasteiger partial charge in [-0.1, -0.05) is 36.4 Å². The number of carbonyl (C=O) groups excluding carboxylic acids is 3. The highest BCUT2D eigenvalue weighted by atomic mass is 16.2. The molecule has 0 radical (unpaired) electrons. The van der Waals surface area contributed by atoms with Crippen LogP contribution in [0.15, 0.2) is 42.5 Å². The first-order chi connectivity index (χ1) is 12.4. The van der Waals surface area contributed by atoms with E-state index in [2.05, 4.69) is 0 Å². The SMILES string of the molecule is CC(C)N(CC(N)=O)C(=O)C1CC(=O)N(c2cccc3ccccc23)C1. The second kappa shape index (κ2) is 7.15. The third-order valence-corrected chi connectivity index (χ3v) is 4.76. The van der Waals surface area contributed by atoms with Crippen molar-refractivity contribution in [2.45, 2.75) is 26.3 Å². The van der Waals surface area contributed by atoms with Crippen LogP contribution in [0.4, 0.5) is 5.69 Å². The van der Waals surface area contributed by atoms with Crippen molar-refractivity contribution >= 4 is 34.2 Å². The minimum atomic E-state index is -0.553. The molecule has 136 valence electrons. The van der Waals surface area contributed by atoms with E-state index in [4.69, 9.17) is 5.73 Å². The van der Waals surface area contributed by atoms with Crippen LogP contribution in [0.3, 0.4) is 0 Å². The van der Waals surface area contributed by atoms with E-state index in [0.717, 1.165) is 16.5 Å². The van der Waals surface area contributed by atoms with Gasteiger partial charge in [0.1, 0.15) is 0 Å². The lowest BCUT2D eigenvalue weighted by atomic mass is 10.1. The summed E-state index contributed by atoms with van der Waals surface area (Å²) in [6, 6.07) is 13.5. The molecule has 3 rings (SSSR count). The molecule has 0 aliphatic carbocycles. The highest BCUT2D eigenvalue weighted by Gasteiger charge is 2.38. The van der Waals surface area contributed by atoms with Crippen LogP contribution >= 0.6 is 0 Å². The number of rotatable bonds is 5. The summed E-state index contributed by atoms with van der Waals surface area (Å²) in [5, 5.41) is 2.03. The van der Waals surface area contributed by atoms with Crippen molar-refractivity contribution in [1.29, 1.82) is 0 Å². The van der Waals surface area contributed by atoms with Crippen molar-refractivity contribution < 1.29 is 14.4 Å². The number of hydrogen-bond donors (Lipinski definition) is 1. The first-order valence-corrected chi connectivity index (χ1v) is 8.75. The van der Waals surface area contributed by atoms with Gasteiger partial charge in [0.25, 0.3) is 0 Å². The van der Waals surface area contributed by atoms with Crippen molar-refractivity contribution in [2.24, 2.45) is 11.7 Å². The molecule has 3 amide bonds. The predicted octanol–water partition coefficient (Wildman–Crippen LogP) is 1.91. The zero-order valence-corrected chi connectivity index (χ0v) is 15.0. The number of benzene rings is 2. The Bertz CT molecular complexity index is 857. The minimum absolute atomic E-state index is 0.0810. The zero-order chi connectivity index (χ0) is 18.8. The van der Waals surface area contributed by atoms with E-state index in [0.29, 0.717) is 6.54 Å². The number of fused-ring (bicyclic) bond motifs is 1. The van der Waals surface area contributed by atoms with E-state index >= 15 is 0 Å². The maximum absolute atomic E-state index is 12.8. The Morgan fingerprint density at radius 2 is 1.88 bits per heavy atom. The highest BCUT2D eigenvalue weighted by molar-refractivity contribution is 6.07. The van der Waals surface area contributed by atoms with E-state index in [9.17, 15) is 14.4 Å². The molecule has 1 saturated heterocycles. The Hall–Kier alpha value is -2.89. The van der Waals surface area contributed by atoms with Crippen LogP contribution < -0.4 is 10.6 Å². The Morgan fingerprint density at radius 1 is 1.19 bits per heavy atom. The smallest absolute Gasteiger partial charge is 0.237 e. The molecule has 6 nitrogen and oxygen atoms in total. The van der Waals surface area contributed by atoms with Gasteiger partial charge in [-0.15, -0.1) is 0 Å². The topological polar surface area (TPSA) is 83.7 Å². The van der Waals surface area contributed by atoms with Gasteiger partial charge in [-0.2, -0.15) is 0 Å². The molecule has 26 heavy (non-hydrogen) atoms. The molecule has 2 N–H and O–H groups in total. The molecular formula is C20H23N3O3. The van der Waals surface area contributed by atoms with Crippen LogP contribution in [0.5, 0.6) is 0 Å². The molecule has 1 heterocycles. The highest BCUT2D eigenvalue weighted by Crippen LogP contribution is 2.32. The van der Waals surface area contributed by atoms with Gasteiger partial charge in [0, 0.05) is 24.4 Å². The molecule has 0 saturated carbocycles. The molecule has 6 heteroatoms. The molecule has 1 unspecified atom stereocenters. The van der Waals surface area contributed by atoms with Gasteiger partial charge in [0.05, 0.1) is 18.2 Å². The van der Waals surface area contributed by atoms with Gasteiger partial charge >= 0.3 is 0 Å². The quantitative estimate of drug-likeness (QED) is 0.891. The molecule has 2 aromatic carbocycles. The van der Waals surface area contributed by atoms with Crippen LogP contribution in [0.2, 0.25) is 0 Å². The van der Waals surface area contributed by atoms with Crippen molar-refractivity contribution in [3.63, 3.8) is 0 Å². The van der Waals surface area contributed by atoms with Crippen molar-refractivity contribution in [1.82, 2.24) is 4.90 Å². The van der Waals surface area contributed by atoms with Gasteiger partial charge in [-0.3, -0.25) is 14.4 Å². The van der Waals surface area contributed by atoms with E-state index in [1.165, 1.54) is 4.90 Å². The molecule has 0 bridgehead atoms. The largest absolute Gasteiger partial charge is 0.368 e. The average Bonchev–Trinajstić information content (AvgIpc) is 3.00. The molecule has 1 atom stereocenters. The monoisotopic (exact) mass is 353 g/mol. The number of amides is 3. The molecule has 0 aromatic heterocycles. The third-order valence-electron chi connectivity index (χ3n) is 4.76. The minimum Gasteiger partial charge on any atom is -0.368 e. The molecule has 0 spiro atoms.